The SMILES string of the molecule is CC1CCC(C)(N)CCCC(C)(N)CCCCC1(C)C. The summed E-state index contributed by atoms with van der Waals surface area (Å²) in [6.45, 7) is 11.7. The Morgan fingerprint density at radius 1 is 0.700 bits per heavy atom. The highest BCUT2D eigenvalue weighted by Gasteiger charge is 2.29. The lowest BCUT2D eigenvalue weighted by atomic mass is 9.72. The zero-order valence-electron chi connectivity index (χ0n) is 14.6. The molecule has 3 atom stereocenters. The van der Waals surface area contributed by atoms with Gasteiger partial charge in [0.2, 0.25) is 0 Å². The van der Waals surface area contributed by atoms with Crippen molar-refractivity contribution in [3.63, 3.8) is 0 Å². The summed E-state index contributed by atoms with van der Waals surface area (Å²) < 4.78 is 0. The van der Waals surface area contributed by atoms with Crippen molar-refractivity contribution in [1.82, 2.24) is 0 Å². The monoisotopic (exact) mass is 282 g/mol. The maximum Gasteiger partial charge on any atom is 0.0126 e. The van der Waals surface area contributed by atoms with Crippen LogP contribution in [0.1, 0.15) is 92.4 Å². The van der Waals surface area contributed by atoms with Crippen LogP contribution in [-0.4, -0.2) is 11.1 Å². The van der Waals surface area contributed by atoms with E-state index < -0.39 is 0 Å². The van der Waals surface area contributed by atoms with Crippen molar-refractivity contribution in [2.45, 2.75) is 103 Å². The molecule has 0 amide bonds. The van der Waals surface area contributed by atoms with Gasteiger partial charge in [-0.3, -0.25) is 0 Å². The Hall–Kier alpha value is -0.0800. The molecule has 0 radical (unpaired) electrons. The Bertz CT molecular complexity index is 292. The molecule has 1 aliphatic carbocycles. The molecule has 2 heteroatoms. The van der Waals surface area contributed by atoms with Crippen LogP contribution in [0.3, 0.4) is 0 Å². The van der Waals surface area contributed by atoms with Gasteiger partial charge in [-0.05, 0) is 70.1 Å². The third kappa shape index (κ3) is 6.13. The summed E-state index contributed by atoms with van der Waals surface area (Å²) in [7, 11) is 0. The average molecular weight is 283 g/mol. The van der Waals surface area contributed by atoms with Gasteiger partial charge in [0.1, 0.15) is 0 Å². The van der Waals surface area contributed by atoms with Gasteiger partial charge in [0.05, 0.1) is 0 Å². The van der Waals surface area contributed by atoms with Crippen molar-refractivity contribution in [2.75, 3.05) is 0 Å². The third-order valence-electron chi connectivity index (χ3n) is 5.80. The van der Waals surface area contributed by atoms with Crippen molar-refractivity contribution >= 4 is 0 Å². The van der Waals surface area contributed by atoms with Gasteiger partial charge in [0.25, 0.3) is 0 Å². The highest BCUT2D eigenvalue weighted by molar-refractivity contribution is 4.86. The molecule has 1 rings (SSSR count). The van der Waals surface area contributed by atoms with E-state index in [2.05, 4.69) is 34.6 Å². The lowest BCUT2D eigenvalue weighted by molar-refractivity contribution is 0.179. The molecule has 4 N–H and O–H groups in total. The van der Waals surface area contributed by atoms with E-state index in [0.29, 0.717) is 5.41 Å². The molecular formula is C18H38N2. The zero-order valence-corrected chi connectivity index (χ0v) is 14.6. The molecular weight excluding hydrogens is 244 g/mol. The minimum Gasteiger partial charge on any atom is -0.325 e. The lowest BCUT2D eigenvalue weighted by Gasteiger charge is -2.34. The summed E-state index contributed by atoms with van der Waals surface area (Å²) in [6, 6.07) is 0. The van der Waals surface area contributed by atoms with Gasteiger partial charge in [-0.1, -0.05) is 33.6 Å². The minimum absolute atomic E-state index is 0.000106. The Balaban J connectivity index is 2.71. The van der Waals surface area contributed by atoms with Crippen molar-refractivity contribution in [2.24, 2.45) is 22.8 Å². The first-order valence-corrected chi connectivity index (χ1v) is 8.62. The van der Waals surface area contributed by atoms with E-state index in [1.165, 1.54) is 25.7 Å². The Morgan fingerprint density at radius 3 is 1.75 bits per heavy atom. The molecule has 0 aliphatic heterocycles. The van der Waals surface area contributed by atoms with Crippen LogP contribution >= 0.6 is 0 Å². The molecule has 0 heterocycles. The van der Waals surface area contributed by atoms with Crippen LogP contribution in [0, 0.1) is 11.3 Å². The fourth-order valence-electron chi connectivity index (χ4n) is 3.44. The Labute approximate surface area is 127 Å². The van der Waals surface area contributed by atoms with Crippen molar-refractivity contribution < 1.29 is 0 Å². The Morgan fingerprint density at radius 2 is 1.15 bits per heavy atom. The van der Waals surface area contributed by atoms with Crippen LogP contribution in [0.2, 0.25) is 0 Å². The molecule has 0 saturated heterocycles. The van der Waals surface area contributed by atoms with E-state index in [-0.39, 0.29) is 11.1 Å². The largest absolute Gasteiger partial charge is 0.325 e. The smallest absolute Gasteiger partial charge is 0.0126 e. The minimum atomic E-state index is -0.0194. The molecule has 20 heavy (non-hydrogen) atoms. The maximum atomic E-state index is 6.50. The molecule has 120 valence electrons. The lowest BCUT2D eigenvalue weighted by Crippen LogP contribution is -2.39. The topological polar surface area (TPSA) is 52.0 Å². The van der Waals surface area contributed by atoms with E-state index in [0.717, 1.165) is 38.0 Å². The van der Waals surface area contributed by atoms with Crippen LogP contribution < -0.4 is 11.5 Å². The molecule has 0 aromatic rings. The molecule has 1 saturated carbocycles. The molecule has 0 bridgehead atoms. The molecule has 1 aliphatic rings. The fourth-order valence-corrected chi connectivity index (χ4v) is 3.44. The second-order valence-electron chi connectivity index (χ2n) is 8.80. The second-order valence-corrected chi connectivity index (χ2v) is 8.80. The number of rotatable bonds is 0. The summed E-state index contributed by atoms with van der Waals surface area (Å²) >= 11 is 0. The molecule has 0 aromatic heterocycles. The first-order valence-electron chi connectivity index (χ1n) is 8.62. The van der Waals surface area contributed by atoms with Crippen LogP contribution in [0.5, 0.6) is 0 Å². The first kappa shape index (κ1) is 18.0. The van der Waals surface area contributed by atoms with E-state index in [1.54, 1.807) is 0 Å². The average Bonchev–Trinajstić information content (AvgIpc) is 2.30. The fraction of sp³-hybridized carbons (Fsp3) is 1.00. The summed E-state index contributed by atoms with van der Waals surface area (Å²) in [5.74, 6) is 0.746. The number of hydrogen-bond acceptors (Lipinski definition) is 2. The highest BCUT2D eigenvalue weighted by atomic mass is 14.7. The normalized spacial score (nSPS) is 41.2. The van der Waals surface area contributed by atoms with E-state index in [1.807, 2.05) is 0 Å². The van der Waals surface area contributed by atoms with Gasteiger partial charge in [-0.2, -0.15) is 0 Å². The number of nitrogens with two attached hydrogens (primary N) is 2. The zero-order chi connectivity index (χ0) is 15.4. The quantitative estimate of drug-likeness (QED) is 0.682. The number of hydrogen-bond donors (Lipinski definition) is 2. The van der Waals surface area contributed by atoms with Gasteiger partial charge in [0, 0.05) is 11.1 Å². The molecule has 0 spiro atoms. The first-order chi connectivity index (χ1) is 9.04. The van der Waals surface area contributed by atoms with E-state index >= 15 is 0 Å². The summed E-state index contributed by atoms with van der Waals surface area (Å²) in [5.41, 5.74) is 13.3. The molecule has 2 nitrogen and oxygen atoms in total. The van der Waals surface area contributed by atoms with E-state index in [9.17, 15) is 0 Å². The standard InChI is InChI=1S/C18H38N2/c1-15-9-14-18(5,20)13-8-12-17(4,19)11-7-6-10-16(15,2)3/h15H,6-14,19-20H2,1-5H3. The van der Waals surface area contributed by atoms with Crippen LogP contribution in [0.25, 0.3) is 0 Å². The van der Waals surface area contributed by atoms with Crippen molar-refractivity contribution in [3.8, 4) is 0 Å². The summed E-state index contributed by atoms with van der Waals surface area (Å²) in [6.07, 6.45) is 10.8. The van der Waals surface area contributed by atoms with E-state index in [4.69, 9.17) is 11.5 Å². The van der Waals surface area contributed by atoms with Gasteiger partial charge in [0.15, 0.2) is 0 Å². The van der Waals surface area contributed by atoms with Gasteiger partial charge < -0.3 is 11.5 Å². The van der Waals surface area contributed by atoms with Gasteiger partial charge in [-0.15, -0.1) is 0 Å². The Kier molecular flexibility index (Phi) is 6.10. The molecule has 1 fully saturated rings. The summed E-state index contributed by atoms with van der Waals surface area (Å²) in [4.78, 5) is 0. The van der Waals surface area contributed by atoms with Gasteiger partial charge >= 0.3 is 0 Å². The molecule has 0 aromatic carbocycles. The van der Waals surface area contributed by atoms with Crippen LogP contribution in [0.4, 0.5) is 0 Å². The second kappa shape index (κ2) is 6.79. The highest BCUT2D eigenvalue weighted by Crippen LogP contribution is 2.37. The predicted molar refractivity (Wildman–Crippen MR) is 89.7 cm³/mol. The van der Waals surface area contributed by atoms with Crippen LogP contribution in [0.15, 0.2) is 0 Å². The predicted octanol–water partition coefficient (Wildman–Crippen LogP) is 4.61. The summed E-state index contributed by atoms with van der Waals surface area (Å²) in [5, 5.41) is 0. The van der Waals surface area contributed by atoms with Crippen molar-refractivity contribution in [1.29, 1.82) is 0 Å². The van der Waals surface area contributed by atoms with Crippen LogP contribution in [-0.2, 0) is 0 Å². The maximum absolute atomic E-state index is 6.50. The molecule has 3 unspecified atom stereocenters. The third-order valence-corrected chi connectivity index (χ3v) is 5.80. The van der Waals surface area contributed by atoms with Crippen molar-refractivity contribution in [3.05, 3.63) is 0 Å². The van der Waals surface area contributed by atoms with Gasteiger partial charge in [-0.25, -0.2) is 0 Å².